The third-order valence-corrected chi connectivity index (χ3v) is 5.21. The van der Waals surface area contributed by atoms with Crippen molar-refractivity contribution in [2.24, 2.45) is 0 Å². The van der Waals surface area contributed by atoms with Gasteiger partial charge in [-0.15, -0.1) is 11.3 Å². The van der Waals surface area contributed by atoms with E-state index in [4.69, 9.17) is 4.74 Å². The van der Waals surface area contributed by atoms with E-state index in [1.54, 1.807) is 6.07 Å². The minimum atomic E-state index is -0.182. The van der Waals surface area contributed by atoms with Crippen LogP contribution in [0.4, 0.5) is 5.13 Å². The normalized spacial score (nSPS) is 10.5. The zero-order valence-electron chi connectivity index (χ0n) is 14.4. The molecule has 0 saturated carbocycles. The molecule has 0 aliphatic rings. The van der Waals surface area contributed by atoms with E-state index < -0.39 is 0 Å². The van der Waals surface area contributed by atoms with Crippen LogP contribution in [0.3, 0.4) is 0 Å². The van der Waals surface area contributed by atoms with Crippen molar-refractivity contribution in [2.45, 2.75) is 19.8 Å². The Morgan fingerprint density at radius 2 is 1.96 bits per heavy atom. The summed E-state index contributed by atoms with van der Waals surface area (Å²) < 4.78 is 6.43. The lowest BCUT2D eigenvalue weighted by Gasteiger charge is -2.05. The van der Waals surface area contributed by atoms with Gasteiger partial charge in [-0.05, 0) is 58.7 Å². The smallest absolute Gasteiger partial charge is 0.258 e. The Morgan fingerprint density at radius 3 is 2.69 bits per heavy atom. The predicted octanol–water partition coefficient (Wildman–Crippen LogP) is 6.00. The van der Waals surface area contributed by atoms with Gasteiger partial charge < -0.3 is 4.74 Å². The second kappa shape index (κ2) is 8.96. The molecule has 0 radical (unpaired) electrons. The van der Waals surface area contributed by atoms with Crippen molar-refractivity contribution >= 4 is 38.3 Å². The maximum Gasteiger partial charge on any atom is 0.258 e. The lowest BCUT2D eigenvalue weighted by Crippen LogP contribution is -2.12. The third kappa shape index (κ3) is 4.71. The first-order chi connectivity index (χ1) is 12.7. The minimum Gasteiger partial charge on any atom is -0.494 e. The van der Waals surface area contributed by atoms with Crippen LogP contribution in [0.25, 0.3) is 11.3 Å². The van der Waals surface area contributed by atoms with Gasteiger partial charge in [0.05, 0.1) is 17.9 Å². The fourth-order valence-corrected chi connectivity index (χ4v) is 3.51. The molecule has 134 valence electrons. The van der Waals surface area contributed by atoms with E-state index in [0.29, 0.717) is 10.7 Å². The quantitative estimate of drug-likeness (QED) is 0.467. The van der Waals surface area contributed by atoms with E-state index >= 15 is 0 Å². The molecule has 0 saturated heterocycles. The summed E-state index contributed by atoms with van der Waals surface area (Å²) in [6, 6.07) is 15.2. The molecule has 1 heterocycles. The van der Waals surface area contributed by atoms with Gasteiger partial charge in [0, 0.05) is 15.4 Å². The molecule has 0 spiro atoms. The van der Waals surface area contributed by atoms with Crippen molar-refractivity contribution in [3.05, 3.63) is 63.9 Å². The maximum absolute atomic E-state index is 12.4. The van der Waals surface area contributed by atoms with Crippen molar-refractivity contribution in [1.82, 2.24) is 4.98 Å². The molecule has 0 unspecified atom stereocenters. The van der Waals surface area contributed by atoms with Gasteiger partial charge in [0.15, 0.2) is 5.13 Å². The zero-order valence-corrected chi connectivity index (χ0v) is 16.8. The van der Waals surface area contributed by atoms with Gasteiger partial charge in [0.25, 0.3) is 5.91 Å². The molecule has 6 heteroatoms. The number of nitrogens with one attached hydrogen (secondary N) is 1. The number of hydrogen-bond donors (Lipinski definition) is 1. The van der Waals surface area contributed by atoms with Crippen LogP contribution in [0, 0.1) is 0 Å². The number of thiazole rings is 1. The van der Waals surface area contributed by atoms with Gasteiger partial charge in [0.2, 0.25) is 0 Å². The fourth-order valence-electron chi connectivity index (χ4n) is 2.33. The highest BCUT2D eigenvalue weighted by molar-refractivity contribution is 9.10. The summed E-state index contributed by atoms with van der Waals surface area (Å²) in [6.07, 6.45) is 2.17. The Morgan fingerprint density at radius 1 is 1.19 bits per heavy atom. The first-order valence-corrected chi connectivity index (χ1v) is 10.1. The number of carbonyl (C=O) groups excluding carboxylic acids is 1. The highest BCUT2D eigenvalue weighted by Gasteiger charge is 2.12. The van der Waals surface area contributed by atoms with E-state index in [0.717, 1.165) is 40.9 Å². The van der Waals surface area contributed by atoms with Crippen molar-refractivity contribution in [2.75, 3.05) is 11.9 Å². The first kappa shape index (κ1) is 18.6. The number of aromatic nitrogens is 1. The van der Waals surface area contributed by atoms with E-state index in [-0.39, 0.29) is 5.91 Å². The topological polar surface area (TPSA) is 51.2 Å². The van der Waals surface area contributed by atoms with Crippen molar-refractivity contribution in [1.29, 1.82) is 0 Å². The largest absolute Gasteiger partial charge is 0.494 e. The number of anilines is 1. The fraction of sp³-hybridized carbons (Fsp3) is 0.200. The maximum atomic E-state index is 12.4. The van der Waals surface area contributed by atoms with Crippen molar-refractivity contribution in [3.63, 3.8) is 0 Å². The van der Waals surface area contributed by atoms with Gasteiger partial charge in [-0.25, -0.2) is 4.98 Å². The van der Waals surface area contributed by atoms with Crippen LogP contribution in [-0.2, 0) is 0 Å². The Balaban J connectivity index is 1.66. The van der Waals surface area contributed by atoms with Crippen LogP contribution in [0.1, 0.15) is 30.1 Å². The third-order valence-electron chi connectivity index (χ3n) is 3.76. The predicted molar refractivity (Wildman–Crippen MR) is 110 cm³/mol. The van der Waals surface area contributed by atoms with Crippen LogP contribution < -0.4 is 10.1 Å². The molecule has 4 nitrogen and oxygen atoms in total. The number of nitrogens with zero attached hydrogens (tertiary/aromatic N) is 1. The summed E-state index contributed by atoms with van der Waals surface area (Å²) in [5, 5.41) is 5.35. The number of rotatable bonds is 7. The molecule has 1 N–H and O–H groups in total. The molecule has 0 aliphatic heterocycles. The Labute approximate surface area is 165 Å². The molecular weight excluding hydrogens is 412 g/mol. The molecule has 0 atom stereocenters. The highest BCUT2D eigenvalue weighted by atomic mass is 79.9. The van der Waals surface area contributed by atoms with E-state index in [2.05, 4.69) is 33.2 Å². The van der Waals surface area contributed by atoms with Gasteiger partial charge in [-0.1, -0.05) is 25.5 Å². The van der Waals surface area contributed by atoms with E-state index in [9.17, 15) is 4.79 Å². The summed E-state index contributed by atoms with van der Waals surface area (Å²) in [5.74, 6) is 0.679. The Hall–Kier alpha value is -2.18. The van der Waals surface area contributed by atoms with Gasteiger partial charge in [0.1, 0.15) is 5.75 Å². The van der Waals surface area contributed by atoms with Gasteiger partial charge in [-0.2, -0.15) is 0 Å². The van der Waals surface area contributed by atoms with Gasteiger partial charge >= 0.3 is 0 Å². The number of hydrogen-bond acceptors (Lipinski definition) is 4. The monoisotopic (exact) mass is 430 g/mol. The van der Waals surface area contributed by atoms with Crippen molar-refractivity contribution < 1.29 is 9.53 Å². The number of halogens is 1. The summed E-state index contributed by atoms with van der Waals surface area (Å²) in [4.78, 5) is 16.9. The molecule has 0 bridgehead atoms. The number of carbonyl (C=O) groups is 1. The lowest BCUT2D eigenvalue weighted by molar-refractivity contribution is 0.102. The standard InChI is InChI=1S/C20H19BrN2O2S/c1-2-3-12-25-15-10-8-14(9-11-15)18-13-26-20(22-18)23-19(24)16-6-4-5-7-17(16)21/h4-11,13H,2-3,12H2,1H3,(H,22,23,24). The minimum absolute atomic E-state index is 0.182. The van der Waals surface area contributed by atoms with Crippen LogP contribution in [0.2, 0.25) is 0 Å². The van der Waals surface area contributed by atoms with Gasteiger partial charge in [-0.3, -0.25) is 10.1 Å². The summed E-state index contributed by atoms with van der Waals surface area (Å²) in [5.41, 5.74) is 2.40. The molecular formula is C20H19BrN2O2S. The zero-order chi connectivity index (χ0) is 18.4. The molecule has 1 amide bonds. The summed E-state index contributed by atoms with van der Waals surface area (Å²) in [7, 11) is 0. The number of benzene rings is 2. The molecule has 1 aromatic heterocycles. The van der Waals surface area contributed by atoms with Crippen LogP contribution in [-0.4, -0.2) is 17.5 Å². The second-order valence-corrected chi connectivity index (χ2v) is 7.41. The molecule has 0 aliphatic carbocycles. The number of ether oxygens (including phenoxy) is 1. The van der Waals surface area contributed by atoms with Crippen LogP contribution in [0.5, 0.6) is 5.75 Å². The molecule has 3 rings (SSSR count). The van der Waals surface area contributed by atoms with Crippen LogP contribution >= 0.6 is 27.3 Å². The van der Waals surface area contributed by atoms with E-state index in [1.165, 1.54) is 11.3 Å². The average molecular weight is 431 g/mol. The average Bonchev–Trinajstić information content (AvgIpc) is 3.11. The lowest BCUT2D eigenvalue weighted by atomic mass is 10.2. The number of unbranched alkanes of at least 4 members (excludes halogenated alkanes) is 1. The van der Waals surface area contributed by atoms with Crippen molar-refractivity contribution in [3.8, 4) is 17.0 Å². The molecule has 0 fully saturated rings. The Kier molecular flexibility index (Phi) is 6.41. The SMILES string of the molecule is CCCCOc1ccc(-c2csc(NC(=O)c3ccccc3Br)n2)cc1. The molecule has 2 aromatic carbocycles. The number of amides is 1. The highest BCUT2D eigenvalue weighted by Crippen LogP contribution is 2.27. The van der Waals surface area contributed by atoms with E-state index in [1.807, 2.05) is 47.8 Å². The molecule has 26 heavy (non-hydrogen) atoms. The molecule has 3 aromatic rings. The summed E-state index contributed by atoms with van der Waals surface area (Å²) in [6.45, 7) is 2.87. The Bertz CT molecular complexity index is 878. The first-order valence-electron chi connectivity index (χ1n) is 8.42. The van der Waals surface area contributed by atoms with Crippen LogP contribution in [0.15, 0.2) is 58.4 Å². The second-order valence-electron chi connectivity index (χ2n) is 5.70. The summed E-state index contributed by atoms with van der Waals surface area (Å²) >= 11 is 4.80.